The number of ether oxygens (including phenoxy) is 3. The van der Waals surface area contributed by atoms with Crippen LogP contribution in [0.25, 0.3) is 0 Å². The van der Waals surface area contributed by atoms with Crippen LogP contribution in [0.15, 0.2) is 48.5 Å². The Morgan fingerprint density at radius 2 is 1.63 bits per heavy atom. The van der Waals surface area contributed by atoms with Gasteiger partial charge in [-0.15, -0.1) is 0 Å². The molecule has 4 rings (SSSR count). The minimum absolute atomic E-state index is 0.0702. The highest BCUT2D eigenvalue weighted by Gasteiger charge is 2.41. The van der Waals surface area contributed by atoms with Crippen molar-refractivity contribution in [3.05, 3.63) is 59.7 Å². The molecule has 1 heterocycles. The number of amides is 1. The van der Waals surface area contributed by atoms with Gasteiger partial charge >= 0.3 is 0 Å². The summed E-state index contributed by atoms with van der Waals surface area (Å²) in [6.45, 7) is 1.13. The zero-order chi connectivity index (χ0) is 18.8. The molecule has 1 saturated carbocycles. The summed E-state index contributed by atoms with van der Waals surface area (Å²) in [5.41, 5.74) is 1.58. The third-order valence-corrected chi connectivity index (χ3v) is 5.37. The van der Waals surface area contributed by atoms with Crippen LogP contribution in [-0.2, 0) is 4.74 Å². The highest BCUT2D eigenvalue weighted by molar-refractivity contribution is 5.99. The second-order valence-corrected chi connectivity index (χ2v) is 7.16. The summed E-state index contributed by atoms with van der Waals surface area (Å²) < 4.78 is 17.2. The van der Waals surface area contributed by atoms with Crippen LogP contribution >= 0.6 is 0 Å². The first-order valence-electron chi connectivity index (χ1n) is 9.42. The Balaban J connectivity index is 1.64. The van der Waals surface area contributed by atoms with Crippen molar-refractivity contribution in [2.24, 2.45) is 5.92 Å². The van der Waals surface area contributed by atoms with Crippen LogP contribution in [0, 0.1) is 5.92 Å². The van der Waals surface area contributed by atoms with Crippen molar-refractivity contribution in [2.45, 2.75) is 25.0 Å². The Hall–Kier alpha value is -2.53. The van der Waals surface area contributed by atoms with Crippen molar-refractivity contribution < 1.29 is 19.0 Å². The molecule has 142 valence electrons. The lowest BCUT2D eigenvalue weighted by atomic mass is 10.0. The van der Waals surface area contributed by atoms with Crippen LogP contribution in [0.3, 0.4) is 0 Å². The van der Waals surface area contributed by atoms with Crippen LogP contribution in [0.5, 0.6) is 11.5 Å². The predicted molar refractivity (Wildman–Crippen MR) is 102 cm³/mol. The number of methoxy groups -OCH3 is 2. The Labute approximate surface area is 159 Å². The first-order chi connectivity index (χ1) is 13.2. The van der Waals surface area contributed by atoms with Crippen LogP contribution in [-0.4, -0.2) is 44.2 Å². The lowest BCUT2D eigenvalue weighted by molar-refractivity contribution is -0.0864. The zero-order valence-corrected chi connectivity index (χ0v) is 15.8. The van der Waals surface area contributed by atoms with Crippen molar-refractivity contribution in [1.29, 1.82) is 0 Å². The minimum Gasteiger partial charge on any atom is -0.496 e. The molecule has 5 nitrogen and oxygen atoms in total. The number of hydrogen-bond acceptors (Lipinski definition) is 4. The van der Waals surface area contributed by atoms with Gasteiger partial charge in [-0.3, -0.25) is 4.79 Å². The molecule has 0 N–H and O–H groups in total. The van der Waals surface area contributed by atoms with Gasteiger partial charge in [0.05, 0.1) is 26.9 Å². The van der Waals surface area contributed by atoms with Crippen LogP contribution < -0.4 is 9.47 Å². The van der Waals surface area contributed by atoms with E-state index in [1.807, 2.05) is 29.2 Å². The van der Waals surface area contributed by atoms with Crippen LogP contribution in [0.1, 0.15) is 34.9 Å². The molecular formula is C22H25NO4. The van der Waals surface area contributed by atoms with Gasteiger partial charge < -0.3 is 19.1 Å². The summed E-state index contributed by atoms with van der Waals surface area (Å²) in [5.74, 6) is 1.54. The maximum atomic E-state index is 13.4. The molecule has 1 saturated heterocycles. The fourth-order valence-electron chi connectivity index (χ4n) is 3.75. The van der Waals surface area contributed by atoms with Gasteiger partial charge in [0.1, 0.15) is 23.2 Å². The van der Waals surface area contributed by atoms with Gasteiger partial charge in [-0.1, -0.05) is 36.4 Å². The fraction of sp³-hybridized carbons (Fsp3) is 0.409. The summed E-state index contributed by atoms with van der Waals surface area (Å²) in [6.07, 6.45) is 2.31. The van der Waals surface area contributed by atoms with E-state index in [9.17, 15) is 4.79 Å². The summed E-state index contributed by atoms with van der Waals surface area (Å²) in [7, 11) is 3.15. The second kappa shape index (κ2) is 7.61. The summed E-state index contributed by atoms with van der Waals surface area (Å²) in [5, 5.41) is 0. The van der Waals surface area contributed by atoms with Crippen molar-refractivity contribution in [1.82, 2.24) is 4.90 Å². The van der Waals surface area contributed by atoms with Crippen LogP contribution in [0.4, 0.5) is 0 Å². The number of nitrogens with zero attached hydrogens (tertiary/aromatic N) is 1. The summed E-state index contributed by atoms with van der Waals surface area (Å²) in [4.78, 5) is 15.3. The Morgan fingerprint density at radius 3 is 2.22 bits per heavy atom. The SMILES string of the molecule is COc1cccc(OC)c1C(=O)N1C[C@@H](c2ccccc2)O[C@@H](C2CC2)C1. The lowest BCUT2D eigenvalue weighted by Gasteiger charge is -2.39. The number of morpholine rings is 1. The molecule has 0 radical (unpaired) electrons. The maximum absolute atomic E-state index is 13.4. The van der Waals surface area contributed by atoms with Gasteiger partial charge in [0.15, 0.2) is 0 Å². The van der Waals surface area contributed by atoms with Crippen molar-refractivity contribution >= 4 is 5.91 Å². The molecule has 1 amide bonds. The van der Waals surface area contributed by atoms with Gasteiger partial charge in [0.2, 0.25) is 0 Å². The largest absolute Gasteiger partial charge is 0.496 e. The van der Waals surface area contributed by atoms with E-state index in [0.717, 1.165) is 5.56 Å². The third kappa shape index (κ3) is 3.65. The first-order valence-corrected chi connectivity index (χ1v) is 9.42. The van der Waals surface area contributed by atoms with E-state index in [-0.39, 0.29) is 18.1 Å². The van der Waals surface area contributed by atoms with Crippen molar-refractivity contribution in [3.63, 3.8) is 0 Å². The van der Waals surface area contributed by atoms with Gasteiger partial charge in [-0.25, -0.2) is 0 Å². The predicted octanol–water partition coefficient (Wildman–Crippen LogP) is 3.70. The molecule has 27 heavy (non-hydrogen) atoms. The topological polar surface area (TPSA) is 48.0 Å². The van der Waals surface area contributed by atoms with Gasteiger partial charge in [0, 0.05) is 6.54 Å². The van der Waals surface area contributed by atoms with Gasteiger partial charge in [0.25, 0.3) is 5.91 Å². The van der Waals surface area contributed by atoms with Crippen LogP contribution in [0.2, 0.25) is 0 Å². The molecule has 2 aliphatic rings. The highest BCUT2D eigenvalue weighted by atomic mass is 16.5. The molecule has 5 heteroatoms. The normalized spacial score (nSPS) is 22.4. The lowest BCUT2D eigenvalue weighted by Crippen LogP contribution is -2.47. The molecular weight excluding hydrogens is 342 g/mol. The number of carbonyl (C=O) groups is 1. The van der Waals surface area contributed by atoms with E-state index in [4.69, 9.17) is 14.2 Å². The Morgan fingerprint density at radius 1 is 0.963 bits per heavy atom. The number of hydrogen-bond donors (Lipinski definition) is 0. The molecule has 0 aromatic heterocycles. The quantitative estimate of drug-likeness (QED) is 0.809. The van der Waals surface area contributed by atoms with E-state index >= 15 is 0 Å². The molecule has 2 aromatic rings. The summed E-state index contributed by atoms with van der Waals surface area (Å²) >= 11 is 0. The van der Waals surface area contributed by atoms with E-state index in [0.29, 0.717) is 36.1 Å². The van der Waals surface area contributed by atoms with E-state index in [1.54, 1.807) is 26.4 Å². The summed E-state index contributed by atoms with van der Waals surface area (Å²) in [6, 6.07) is 15.6. The molecule has 2 atom stereocenters. The number of rotatable bonds is 5. The van der Waals surface area contributed by atoms with Crippen molar-refractivity contribution in [3.8, 4) is 11.5 Å². The number of carbonyl (C=O) groups excluding carboxylic acids is 1. The van der Waals surface area contributed by atoms with E-state index in [2.05, 4.69) is 12.1 Å². The molecule has 2 fully saturated rings. The van der Waals surface area contributed by atoms with E-state index < -0.39 is 0 Å². The number of benzene rings is 2. The van der Waals surface area contributed by atoms with Crippen molar-refractivity contribution in [2.75, 3.05) is 27.3 Å². The molecule has 0 unspecified atom stereocenters. The first kappa shape index (κ1) is 17.9. The molecule has 2 aromatic carbocycles. The highest BCUT2D eigenvalue weighted by Crippen LogP contribution is 2.40. The minimum atomic E-state index is -0.116. The molecule has 1 aliphatic carbocycles. The monoisotopic (exact) mass is 367 g/mol. The van der Waals surface area contributed by atoms with Gasteiger partial charge in [-0.2, -0.15) is 0 Å². The van der Waals surface area contributed by atoms with Gasteiger partial charge in [-0.05, 0) is 36.5 Å². The van der Waals surface area contributed by atoms with E-state index in [1.165, 1.54) is 12.8 Å². The smallest absolute Gasteiger partial charge is 0.261 e. The fourth-order valence-corrected chi connectivity index (χ4v) is 3.75. The average molecular weight is 367 g/mol. The molecule has 0 spiro atoms. The second-order valence-electron chi connectivity index (χ2n) is 7.16. The standard InChI is InChI=1S/C22H25NO4/c1-25-17-9-6-10-18(26-2)21(17)22(24)23-13-19(15-7-4-3-5-8-15)27-20(14-23)16-11-12-16/h3-10,16,19-20H,11-14H2,1-2H3/t19-,20+/m0/s1. The molecule has 1 aliphatic heterocycles. The molecule has 0 bridgehead atoms. The maximum Gasteiger partial charge on any atom is 0.261 e. The zero-order valence-electron chi connectivity index (χ0n) is 15.8. The average Bonchev–Trinajstić information content (AvgIpc) is 3.58. The Bertz CT molecular complexity index is 781. The Kier molecular flexibility index (Phi) is 5.03. The third-order valence-electron chi connectivity index (χ3n) is 5.37.